The van der Waals surface area contributed by atoms with Crippen molar-refractivity contribution in [3.05, 3.63) is 59.7 Å². The standard InChI is InChI=1S/C55H83P2.C5H5.Fe/c1-48-24-34-12-35(25-48)17-44(16-34)52(48,5)56(53(6)45-18-36-13-37(19-45)27-49(53,2)26-36)32-42-10-9-11-43(42)33-57(54(7)46-20-38-14-39(21-46)29-50(54,3)28-38)55(8)47-22-40-15-41(23-47)31-51(55,4)30-40;1-2-4-5-3-1;/h9-11,34-41,44-47H,12-33H2,1-8H3;1-5H;/q-1;-5;. The van der Waals surface area contributed by atoms with Crippen molar-refractivity contribution < 1.29 is 17.1 Å². The molecule has 0 amide bonds. The molecule has 16 bridgehead atoms. The summed E-state index contributed by atoms with van der Waals surface area (Å²) in [6.07, 6.45) is 34.5. The normalized spacial score (nSPS) is 56.6. The molecule has 0 heterocycles. The molecule has 0 saturated heterocycles. The molecule has 18 rings (SSSR count). The fourth-order valence-electron chi connectivity index (χ4n) is 23.8. The van der Waals surface area contributed by atoms with Gasteiger partial charge in [0.05, 0.1) is 0 Å². The number of hydrogen-bond donors (Lipinski definition) is 0. The zero-order valence-corrected chi connectivity index (χ0v) is 44.2. The summed E-state index contributed by atoms with van der Waals surface area (Å²) in [4.78, 5) is 0. The molecular weight excluding hydrogens is 838 g/mol. The maximum absolute atomic E-state index is 3.02. The summed E-state index contributed by atoms with van der Waals surface area (Å²) in [5.41, 5.74) is 6.05. The fraction of sp³-hybridized carbons (Fsp3) is 0.833. The Morgan fingerprint density at radius 2 is 0.698 bits per heavy atom. The van der Waals surface area contributed by atoms with E-state index in [1.807, 2.05) is 41.5 Å². The third-order valence-electron chi connectivity index (χ3n) is 26.1. The molecule has 16 aliphatic rings. The van der Waals surface area contributed by atoms with Crippen LogP contribution in [0.15, 0.2) is 48.5 Å². The quantitative estimate of drug-likeness (QED) is 0.141. The molecule has 0 nitrogen and oxygen atoms in total. The Hall–Kier alpha value is 0.0795. The van der Waals surface area contributed by atoms with Gasteiger partial charge in [0.25, 0.3) is 0 Å². The Kier molecular flexibility index (Phi) is 10.2. The van der Waals surface area contributed by atoms with Crippen molar-refractivity contribution in [1.29, 1.82) is 0 Å². The minimum atomic E-state index is -0.201. The average Bonchev–Trinajstić information content (AvgIpc) is 3.93. The minimum absolute atomic E-state index is 0. The molecule has 352 valence electrons. The molecule has 16 saturated carbocycles. The Bertz CT molecular complexity index is 1730. The Labute approximate surface area is 399 Å². The molecule has 16 aliphatic carbocycles. The van der Waals surface area contributed by atoms with Gasteiger partial charge in [0.15, 0.2) is 0 Å². The van der Waals surface area contributed by atoms with Crippen LogP contribution in [0.4, 0.5) is 0 Å². The van der Waals surface area contributed by atoms with Crippen LogP contribution in [0.3, 0.4) is 0 Å². The average molecular weight is 927 g/mol. The summed E-state index contributed by atoms with van der Waals surface area (Å²) < 4.78 is 0. The molecule has 0 radical (unpaired) electrons. The summed E-state index contributed by atoms with van der Waals surface area (Å²) in [6.45, 7) is 23.7. The molecule has 0 spiro atoms. The summed E-state index contributed by atoms with van der Waals surface area (Å²) >= 11 is 0. The third kappa shape index (κ3) is 5.89. The van der Waals surface area contributed by atoms with Gasteiger partial charge in [0, 0.05) is 17.1 Å². The van der Waals surface area contributed by atoms with E-state index in [1.54, 1.807) is 128 Å². The van der Waals surface area contributed by atoms with E-state index in [0.717, 1.165) is 71.0 Å². The van der Waals surface area contributed by atoms with Crippen molar-refractivity contribution >= 4 is 15.8 Å². The van der Waals surface area contributed by atoms with E-state index in [9.17, 15) is 0 Å². The van der Waals surface area contributed by atoms with Crippen LogP contribution in [0.1, 0.15) is 195 Å². The van der Waals surface area contributed by atoms with Gasteiger partial charge in [-0.15, -0.1) is 13.5 Å². The van der Waals surface area contributed by atoms with E-state index < -0.39 is 0 Å². The minimum Gasteiger partial charge on any atom is -0.748 e. The van der Waals surface area contributed by atoms with Crippen LogP contribution < -0.4 is 0 Å². The summed E-state index contributed by atoms with van der Waals surface area (Å²) in [6, 6.07) is 18.2. The van der Waals surface area contributed by atoms with E-state index in [4.69, 9.17) is 0 Å². The smallest absolute Gasteiger partial charge is 0 e. The van der Waals surface area contributed by atoms with Crippen molar-refractivity contribution in [2.24, 2.45) is 92.7 Å². The van der Waals surface area contributed by atoms with E-state index in [2.05, 4.69) is 73.6 Å². The van der Waals surface area contributed by atoms with E-state index in [0.29, 0.717) is 42.3 Å². The molecule has 0 N–H and O–H groups in total. The first-order valence-electron chi connectivity index (χ1n) is 27.4. The van der Waals surface area contributed by atoms with Gasteiger partial charge in [-0.25, -0.2) is 12.1 Å². The van der Waals surface area contributed by atoms with E-state index in [1.165, 1.54) is 12.3 Å². The second kappa shape index (κ2) is 14.6. The van der Waals surface area contributed by atoms with E-state index in [-0.39, 0.29) is 32.9 Å². The van der Waals surface area contributed by atoms with Crippen LogP contribution in [0, 0.1) is 92.7 Å². The summed E-state index contributed by atoms with van der Waals surface area (Å²) in [5, 5.41) is 2.13. The predicted molar refractivity (Wildman–Crippen MR) is 266 cm³/mol. The maximum Gasteiger partial charge on any atom is 0 e. The van der Waals surface area contributed by atoms with Crippen molar-refractivity contribution in [2.45, 2.75) is 217 Å². The first-order chi connectivity index (χ1) is 29.5. The van der Waals surface area contributed by atoms with Gasteiger partial charge in [-0.1, -0.05) is 69.5 Å². The van der Waals surface area contributed by atoms with Gasteiger partial charge in [0.1, 0.15) is 0 Å². The zero-order valence-electron chi connectivity index (χ0n) is 41.4. The Balaban J connectivity index is 0.000000660. The topological polar surface area (TPSA) is 0 Å². The molecule has 16 fully saturated rings. The molecule has 0 aromatic heterocycles. The van der Waals surface area contributed by atoms with Gasteiger partial charge in [-0.3, -0.25) is 0 Å². The van der Waals surface area contributed by atoms with E-state index >= 15 is 0 Å². The Morgan fingerprint density at radius 1 is 0.429 bits per heavy atom. The van der Waals surface area contributed by atoms with Crippen LogP contribution in [-0.4, -0.2) is 20.6 Å². The number of rotatable bonds is 8. The van der Waals surface area contributed by atoms with Crippen LogP contribution in [0.2, 0.25) is 0 Å². The monoisotopic (exact) mass is 927 g/mol. The molecule has 3 heteroatoms. The molecule has 0 aliphatic heterocycles. The van der Waals surface area contributed by atoms with Crippen molar-refractivity contribution in [2.75, 3.05) is 0 Å². The first-order valence-corrected chi connectivity index (χ1v) is 30.5. The van der Waals surface area contributed by atoms with Crippen molar-refractivity contribution in [3.8, 4) is 0 Å². The first kappa shape index (κ1) is 44.3. The molecule has 63 heavy (non-hydrogen) atoms. The van der Waals surface area contributed by atoms with Gasteiger partial charge in [-0.05, 0) is 248 Å². The second-order valence-electron chi connectivity index (χ2n) is 28.7. The SMILES string of the molecule is CC12CC3CC(CC(C3)C1(C)P(Cc1ccc[c-]1CP(C1(C)C3CC4CC(C3)CC1(C)C4)C1(C)C3CC4CC(C3)CC1(C)C4)C1(C)C3CC4CC(C3)CC1(C)C4)C2.[Fe].[cH-]1[cH-][cH-][cH-][cH-]1. The van der Waals surface area contributed by atoms with Gasteiger partial charge in [0.2, 0.25) is 0 Å². The molecule has 2 aromatic rings. The second-order valence-corrected chi connectivity index (χ2v) is 34.8. The van der Waals surface area contributed by atoms with Gasteiger partial charge in [-0.2, -0.15) is 11.6 Å². The van der Waals surface area contributed by atoms with Gasteiger partial charge >= 0.3 is 0 Å². The van der Waals surface area contributed by atoms with Crippen LogP contribution in [-0.2, 0) is 29.4 Å². The van der Waals surface area contributed by atoms with Crippen molar-refractivity contribution in [3.63, 3.8) is 0 Å². The third-order valence-corrected chi connectivity index (χ3v) is 35.5. The molecular formula is C60H88FeP2-6. The predicted octanol–water partition coefficient (Wildman–Crippen LogP) is 17.2. The van der Waals surface area contributed by atoms with Crippen LogP contribution in [0.25, 0.3) is 0 Å². The largest absolute Gasteiger partial charge is 0.748 e. The fourth-order valence-corrected chi connectivity index (χ4v) is 34.2. The van der Waals surface area contributed by atoms with Crippen LogP contribution in [0.5, 0.6) is 0 Å². The molecule has 2 aromatic carbocycles. The summed E-state index contributed by atoms with van der Waals surface area (Å²) in [5.74, 6) is 12.3. The van der Waals surface area contributed by atoms with Crippen molar-refractivity contribution in [1.82, 2.24) is 0 Å². The van der Waals surface area contributed by atoms with Gasteiger partial charge < -0.3 is 30.3 Å². The zero-order chi connectivity index (χ0) is 42.5. The summed E-state index contributed by atoms with van der Waals surface area (Å²) in [7, 11) is -0.401. The maximum atomic E-state index is 3.02. The molecule has 12 atom stereocenters. The number of hydrogen-bond acceptors (Lipinski definition) is 0. The Morgan fingerprint density at radius 3 is 0.968 bits per heavy atom. The molecule has 12 unspecified atom stereocenters. The van der Waals surface area contributed by atoms with Crippen LogP contribution >= 0.6 is 15.8 Å².